The van der Waals surface area contributed by atoms with Crippen LogP contribution in [0.4, 0.5) is 8.78 Å². The van der Waals surface area contributed by atoms with Crippen molar-refractivity contribution in [2.45, 2.75) is 18.4 Å². The number of hydrogen-bond donors (Lipinski definition) is 1. The lowest BCUT2D eigenvalue weighted by Crippen LogP contribution is -2.59. The second-order valence-corrected chi connectivity index (χ2v) is 6.45. The van der Waals surface area contributed by atoms with Crippen LogP contribution in [-0.4, -0.2) is 46.8 Å². The predicted octanol–water partition coefficient (Wildman–Crippen LogP) is 2.45. The molecule has 1 aliphatic heterocycles. The van der Waals surface area contributed by atoms with E-state index >= 15 is 0 Å². The maximum absolute atomic E-state index is 14.1. The van der Waals surface area contributed by atoms with E-state index in [9.17, 15) is 18.4 Å². The van der Waals surface area contributed by atoms with E-state index in [2.05, 4.69) is 16.9 Å². The molecule has 24 heavy (non-hydrogen) atoms. The monoisotopic (exact) mass is 351 g/mol. The van der Waals surface area contributed by atoms with Gasteiger partial charge in [0, 0.05) is 25.1 Å². The molecule has 1 fully saturated rings. The Balaban J connectivity index is 1.77. The van der Waals surface area contributed by atoms with E-state index in [-0.39, 0.29) is 18.7 Å². The number of halogens is 2. The van der Waals surface area contributed by atoms with E-state index in [4.69, 9.17) is 0 Å². The van der Waals surface area contributed by atoms with Crippen LogP contribution in [0.5, 0.6) is 0 Å². The van der Waals surface area contributed by atoms with Gasteiger partial charge in [-0.15, -0.1) is 11.3 Å². The van der Waals surface area contributed by atoms with Gasteiger partial charge in [0.1, 0.15) is 6.04 Å². The number of piperidine rings is 1. The fourth-order valence-electron chi connectivity index (χ4n) is 2.62. The van der Waals surface area contributed by atoms with E-state index in [1.165, 1.54) is 16.2 Å². The number of carbonyl (C=O) groups excluding carboxylic acids is 2. The van der Waals surface area contributed by atoms with Crippen LogP contribution in [0, 0.1) is 0 Å². The number of likely N-dealkylation sites (tertiary alicyclic amines) is 1. The molecule has 0 aliphatic carbocycles. The van der Waals surface area contributed by atoms with E-state index in [1.807, 2.05) is 0 Å². The third-order valence-electron chi connectivity index (χ3n) is 4.01. The number of aromatic nitrogens is 1. The van der Waals surface area contributed by atoms with E-state index in [1.54, 1.807) is 23.7 Å². The molecule has 0 radical (unpaired) electrons. The quantitative estimate of drug-likeness (QED) is 0.864. The van der Waals surface area contributed by atoms with Gasteiger partial charge in [0.15, 0.2) is 0 Å². The highest BCUT2D eigenvalue weighted by molar-refractivity contribution is 7.16. The lowest BCUT2D eigenvalue weighted by Gasteiger charge is -2.38. The first-order valence-corrected chi connectivity index (χ1v) is 8.22. The molecule has 1 saturated heterocycles. The second-order valence-electron chi connectivity index (χ2n) is 5.56. The van der Waals surface area contributed by atoms with Crippen LogP contribution in [0.15, 0.2) is 36.4 Å². The molecule has 3 rings (SSSR count). The molecular weight excluding hydrogens is 336 g/mol. The number of alkyl halides is 2. The molecule has 5 nitrogen and oxygen atoms in total. The molecule has 8 heteroatoms. The van der Waals surface area contributed by atoms with Crippen LogP contribution in [0.3, 0.4) is 0 Å². The molecule has 0 saturated carbocycles. The highest BCUT2D eigenvalue weighted by Gasteiger charge is 2.45. The molecule has 1 aromatic heterocycles. The molecule has 1 N–H and O–H groups in total. The number of nitrogens with zero attached hydrogens (tertiary/aromatic N) is 2. The Labute approximate surface area is 141 Å². The first-order chi connectivity index (χ1) is 11.4. The summed E-state index contributed by atoms with van der Waals surface area (Å²) in [6, 6.07) is 3.43. The fraction of sp³-hybridized carbons (Fsp3) is 0.312. The summed E-state index contributed by atoms with van der Waals surface area (Å²) in [5.41, 5.74) is 2.56. The number of thiazole rings is 1. The van der Waals surface area contributed by atoms with Gasteiger partial charge in [-0.05, 0) is 24.3 Å². The summed E-state index contributed by atoms with van der Waals surface area (Å²) in [4.78, 5) is 29.3. The summed E-state index contributed by atoms with van der Waals surface area (Å²) in [6.45, 7) is 3.05. The zero-order valence-corrected chi connectivity index (χ0v) is 13.5. The largest absolute Gasteiger partial charge is 0.341 e. The zero-order valence-electron chi connectivity index (χ0n) is 12.7. The van der Waals surface area contributed by atoms with Crippen LogP contribution in [-0.2, 0) is 4.79 Å². The SMILES string of the molecule is C=CC(=O)N1CCC(F)(F)[C@H](NC(=O)c2ccc3scnc3c2)C1. The number of amides is 2. The molecule has 2 amide bonds. The van der Waals surface area contributed by atoms with Gasteiger partial charge in [-0.1, -0.05) is 6.58 Å². The molecule has 0 bridgehead atoms. The normalized spacial score (nSPS) is 19.9. The highest BCUT2D eigenvalue weighted by atomic mass is 32.1. The lowest BCUT2D eigenvalue weighted by atomic mass is 10.00. The Hall–Kier alpha value is -2.35. The van der Waals surface area contributed by atoms with Gasteiger partial charge in [-0.25, -0.2) is 13.8 Å². The van der Waals surface area contributed by atoms with Crippen molar-refractivity contribution in [3.8, 4) is 0 Å². The Kier molecular flexibility index (Phi) is 4.31. The van der Waals surface area contributed by atoms with E-state index in [0.717, 1.165) is 10.8 Å². The Bertz CT molecular complexity index is 805. The standard InChI is InChI=1S/C16H15F2N3O2S/c1-2-14(22)21-6-5-16(17,18)13(8-21)20-15(23)10-3-4-12-11(7-10)19-9-24-12/h2-4,7,9,13H,1,5-6,8H2,(H,20,23)/t13-/m1/s1. The number of hydrogen-bond acceptors (Lipinski definition) is 4. The predicted molar refractivity (Wildman–Crippen MR) is 87.2 cm³/mol. The molecular formula is C16H15F2N3O2S. The molecule has 0 spiro atoms. The minimum absolute atomic E-state index is 0.0605. The van der Waals surface area contributed by atoms with Crippen molar-refractivity contribution in [2.24, 2.45) is 0 Å². The maximum Gasteiger partial charge on any atom is 0.271 e. The van der Waals surface area contributed by atoms with Gasteiger partial charge in [-0.3, -0.25) is 9.59 Å². The summed E-state index contributed by atoms with van der Waals surface area (Å²) in [5.74, 6) is -4.10. The number of carbonyl (C=O) groups is 2. The Morgan fingerprint density at radius 1 is 1.46 bits per heavy atom. The van der Waals surface area contributed by atoms with Crippen molar-refractivity contribution < 1.29 is 18.4 Å². The fourth-order valence-corrected chi connectivity index (χ4v) is 3.28. The van der Waals surface area contributed by atoms with Gasteiger partial charge < -0.3 is 10.2 Å². The van der Waals surface area contributed by atoms with E-state index in [0.29, 0.717) is 5.52 Å². The van der Waals surface area contributed by atoms with Crippen molar-refractivity contribution in [3.63, 3.8) is 0 Å². The number of benzene rings is 1. The summed E-state index contributed by atoms with van der Waals surface area (Å²) >= 11 is 1.43. The van der Waals surface area contributed by atoms with Crippen molar-refractivity contribution >= 4 is 33.4 Å². The average molecular weight is 351 g/mol. The summed E-state index contributed by atoms with van der Waals surface area (Å²) in [7, 11) is 0. The highest BCUT2D eigenvalue weighted by Crippen LogP contribution is 2.29. The molecule has 126 valence electrons. The lowest BCUT2D eigenvalue weighted by molar-refractivity contribution is -0.135. The van der Waals surface area contributed by atoms with Crippen molar-refractivity contribution in [2.75, 3.05) is 13.1 Å². The van der Waals surface area contributed by atoms with Gasteiger partial charge in [0.05, 0.1) is 15.7 Å². The minimum Gasteiger partial charge on any atom is -0.341 e. The first kappa shape index (κ1) is 16.5. The van der Waals surface area contributed by atoms with Crippen LogP contribution in [0.1, 0.15) is 16.8 Å². The Morgan fingerprint density at radius 2 is 2.25 bits per heavy atom. The third-order valence-corrected chi connectivity index (χ3v) is 4.82. The van der Waals surface area contributed by atoms with Gasteiger partial charge in [0.2, 0.25) is 5.91 Å². The topological polar surface area (TPSA) is 62.3 Å². The zero-order chi connectivity index (χ0) is 17.3. The van der Waals surface area contributed by atoms with Crippen LogP contribution >= 0.6 is 11.3 Å². The van der Waals surface area contributed by atoms with Crippen LogP contribution in [0.25, 0.3) is 10.2 Å². The van der Waals surface area contributed by atoms with Crippen molar-refractivity contribution in [1.29, 1.82) is 0 Å². The molecule has 2 aromatic rings. The summed E-state index contributed by atoms with van der Waals surface area (Å²) in [5, 5.41) is 2.35. The maximum atomic E-state index is 14.1. The number of rotatable bonds is 3. The molecule has 2 heterocycles. The number of nitrogens with one attached hydrogen (secondary N) is 1. The smallest absolute Gasteiger partial charge is 0.271 e. The van der Waals surface area contributed by atoms with Gasteiger partial charge in [-0.2, -0.15) is 0 Å². The summed E-state index contributed by atoms with van der Waals surface area (Å²) < 4.78 is 29.1. The van der Waals surface area contributed by atoms with Crippen molar-refractivity contribution in [1.82, 2.24) is 15.2 Å². The van der Waals surface area contributed by atoms with E-state index < -0.39 is 30.2 Å². The van der Waals surface area contributed by atoms with Gasteiger partial charge in [0.25, 0.3) is 11.8 Å². The van der Waals surface area contributed by atoms with Crippen LogP contribution in [0.2, 0.25) is 0 Å². The molecule has 1 aromatic carbocycles. The first-order valence-electron chi connectivity index (χ1n) is 7.34. The molecule has 1 atom stereocenters. The minimum atomic E-state index is -3.07. The number of fused-ring (bicyclic) bond motifs is 1. The van der Waals surface area contributed by atoms with Crippen molar-refractivity contribution in [3.05, 3.63) is 41.9 Å². The van der Waals surface area contributed by atoms with Crippen LogP contribution < -0.4 is 5.32 Å². The molecule has 0 unspecified atom stereocenters. The average Bonchev–Trinajstić information content (AvgIpc) is 3.03. The Morgan fingerprint density at radius 3 is 3.00 bits per heavy atom. The second kappa shape index (κ2) is 6.27. The third kappa shape index (κ3) is 3.14. The summed E-state index contributed by atoms with van der Waals surface area (Å²) in [6.07, 6.45) is 0.584. The van der Waals surface area contributed by atoms with Gasteiger partial charge >= 0.3 is 0 Å². The molecule has 1 aliphatic rings.